The minimum absolute atomic E-state index is 0.100. The van der Waals surface area contributed by atoms with Crippen LogP contribution in [0, 0.1) is 11.8 Å². The van der Waals surface area contributed by atoms with Gasteiger partial charge in [-0.15, -0.1) is 0 Å². The second kappa shape index (κ2) is 8.69. The van der Waals surface area contributed by atoms with Crippen molar-refractivity contribution in [3.8, 4) is 0 Å². The largest absolute Gasteiger partial charge is 0.388 e. The summed E-state index contributed by atoms with van der Waals surface area (Å²) >= 11 is 0. The molecule has 0 aliphatic carbocycles. The zero-order valence-corrected chi connectivity index (χ0v) is 16.2. The summed E-state index contributed by atoms with van der Waals surface area (Å²) in [6, 6.07) is 9.85. The van der Waals surface area contributed by atoms with E-state index < -0.39 is 6.10 Å². The van der Waals surface area contributed by atoms with Crippen LogP contribution in [0.2, 0.25) is 0 Å². The Morgan fingerprint density at radius 3 is 2.36 bits per heavy atom. The standard InChI is InChI=1S/C22H28N4O2/c27-21(17-4-2-1-3-5-17)18-6-14-26(15-7-18)22(28)19-8-12-25(13-9-19)20-16-23-10-11-24-20/h1-5,10-11,16,18-19,21,27H,6-9,12-15H2. The normalized spacial score (nSPS) is 20.2. The highest BCUT2D eigenvalue weighted by molar-refractivity contribution is 5.79. The molecule has 2 aliphatic heterocycles. The summed E-state index contributed by atoms with van der Waals surface area (Å²) in [7, 11) is 0. The Bertz CT molecular complexity index is 755. The number of rotatable bonds is 4. The number of carbonyl (C=O) groups excluding carboxylic acids is 1. The number of piperidine rings is 2. The topological polar surface area (TPSA) is 69.6 Å². The van der Waals surface area contributed by atoms with E-state index in [4.69, 9.17) is 0 Å². The summed E-state index contributed by atoms with van der Waals surface area (Å²) in [6.07, 6.45) is 8.18. The lowest BCUT2D eigenvalue weighted by molar-refractivity contribution is -0.138. The van der Waals surface area contributed by atoms with Crippen molar-refractivity contribution in [1.82, 2.24) is 14.9 Å². The average molecular weight is 380 g/mol. The molecule has 6 nitrogen and oxygen atoms in total. The summed E-state index contributed by atoms with van der Waals surface area (Å²) in [5, 5.41) is 10.6. The molecule has 2 aromatic rings. The van der Waals surface area contributed by atoms with Crippen molar-refractivity contribution < 1.29 is 9.90 Å². The van der Waals surface area contributed by atoms with Gasteiger partial charge in [-0.1, -0.05) is 30.3 Å². The van der Waals surface area contributed by atoms with Crippen LogP contribution in [-0.2, 0) is 4.79 Å². The van der Waals surface area contributed by atoms with Gasteiger partial charge in [-0.3, -0.25) is 9.78 Å². The lowest BCUT2D eigenvalue weighted by Crippen LogP contribution is -2.46. The Kier molecular flexibility index (Phi) is 5.86. The first-order valence-electron chi connectivity index (χ1n) is 10.2. The van der Waals surface area contributed by atoms with Gasteiger partial charge in [0.25, 0.3) is 0 Å². The summed E-state index contributed by atoms with van der Waals surface area (Å²) < 4.78 is 0. The lowest BCUT2D eigenvalue weighted by atomic mass is 9.86. The molecule has 1 aromatic heterocycles. The van der Waals surface area contributed by atoms with E-state index in [0.717, 1.165) is 63.2 Å². The molecule has 2 aliphatic rings. The van der Waals surface area contributed by atoms with Crippen LogP contribution in [0.5, 0.6) is 0 Å². The average Bonchev–Trinajstić information content (AvgIpc) is 2.79. The number of amides is 1. The number of carbonyl (C=O) groups is 1. The molecule has 148 valence electrons. The third-order valence-corrected chi connectivity index (χ3v) is 6.16. The van der Waals surface area contributed by atoms with E-state index in [0.29, 0.717) is 0 Å². The summed E-state index contributed by atoms with van der Waals surface area (Å²) in [5.41, 5.74) is 0.976. The molecular weight excluding hydrogens is 352 g/mol. The quantitative estimate of drug-likeness (QED) is 0.883. The molecule has 2 saturated heterocycles. The molecule has 2 fully saturated rings. The number of hydrogen-bond acceptors (Lipinski definition) is 5. The van der Waals surface area contributed by atoms with Gasteiger partial charge in [0.2, 0.25) is 5.91 Å². The van der Waals surface area contributed by atoms with Gasteiger partial charge in [0.05, 0.1) is 12.3 Å². The molecule has 28 heavy (non-hydrogen) atoms. The predicted molar refractivity (Wildman–Crippen MR) is 108 cm³/mol. The predicted octanol–water partition coefficient (Wildman–Crippen LogP) is 2.67. The lowest BCUT2D eigenvalue weighted by Gasteiger charge is -2.38. The van der Waals surface area contributed by atoms with Gasteiger partial charge in [-0.25, -0.2) is 4.98 Å². The molecular formula is C22H28N4O2. The van der Waals surface area contributed by atoms with Gasteiger partial charge >= 0.3 is 0 Å². The van der Waals surface area contributed by atoms with Crippen LogP contribution in [-0.4, -0.2) is 52.1 Å². The molecule has 1 aromatic carbocycles. The molecule has 1 atom stereocenters. The Morgan fingerprint density at radius 2 is 1.71 bits per heavy atom. The number of nitrogens with zero attached hydrogens (tertiary/aromatic N) is 4. The van der Waals surface area contributed by atoms with E-state index in [-0.39, 0.29) is 17.7 Å². The number of benzene rings is 1. The Balaban J connectivity index is 1.27. The fourth-order valence-electron chi connectivity index (χ4n) is 4.43. The van der Waals surface area contributed by atoms with Crippen molar-refractivity contribution in [2.24, 2.45) is 11.8 Å². The van der Waals surface area contributed by atoms with E-state index in [1.807, 2.05) is 35.2 Å². The van der Waals surface area contributed by atoms with Crippen molar-refractivity contribution in [3.63, 3.8) is 0 Å². The first kappa shape index (κ1) is 18.9. The number of hydrogen-bond donors (Lipinski definition) is 1. The van der Waals surface area contributed by atoms with E-state index in [9.17, 15) is 9.90 Å². The van der Waals surface area contributed by atoms with Gasteiger partial charge in [0.1, 0.15) is 5.82 Å². The zero-order chi connectivity index (χ0) is 19.3. The van der Waals surface area contributed by atoms with Crippen molar-refractivity contribution in [3.05, 3.63) is 54.5 Å². The highest BCUT2D eigenvalue weighted by atomic mass is 16.3. The van der Waals surface area contributed by atoms with Crippen molar-refractivity contribution >= 4 is 11.7 Å². The van der Waals surface area contributed by atoms with Gasteiger partial charge in [0.15, 0.2) is 0 Å². The van der Waals surface area contributed by atoms with Crippen LogP contribution in [0.15, 0.2) is 48.9 Å². The molecule has 1 N–H and O–H groups in total. The zero-order valence-electron chi connectivity index (χ0n) is 16.2. The van der Waals surface area contributed by atoms with Crippen molar-refractivity contribution in [1.29, 1.82) is 0 Å². The monoisotopic (exact) mass is 380 g/mol. The van der Waals surface area contributed by atoms with Crippen LogP contribution < -0.4 is 4.90 Å². The van der Waals surface area contributed by atoms with E-state index >= 15 is 0 Å². The third-order valence-electron chi connectivity index (χ3n) is 6.16. The van der Waals surface area contributed by atoms with E-state index in [1.165, 1.54) is 0 Å². The Labute approximate surface area is 166 Å². The fourth-order valence-corrected chi connectivity index (χ4v) is 4.43. The number of likely N-dealkylation sites (tertiary alicyclic amines) is 1. The molecule has 0 spiro atoms. The first-order valence-corrected chi connectivity index (χ1v) is 10.2. The summed E-state index contributed by atoms with van der Waals surface area (Å²) in [5.74, 6) is 1.50. The maximum absolute atomic E-state index is 13.0. The smallest absolute Gasteiger partial charge is 0.225 e. The van der Waals surface area contributed by atoms with Gasteiger partial charge < -0.3 is 14.9 Å². The van der Waals surface area contributed by atoms with Crippen molar-refractivity contribution in [2.75, 3.05) is 31.1 Å². The maximum atomic E-state index is 13.0. The number of anilines is 1. The molecule has 0 bridgehead atoms. The maximum Gasteiger partial charge on any atom is 0.225 e. The fraction of sp³-hybridized carbons (Fsp3) is 0.500. The number of aromatic nitrogens is 2. The third kappa shape index (κ3) is 4.17. The molecule has 1 amide bonds. The highest BCUT2D eigenvalue weighted by Crippen LogP contribution is 2.32. The molecule has 0 radical (unpaired) electrons. The number of aliphatic hydroxyl groups excluding tert-OH is 1. The van der Waals surface area contributed by atoms with Crippen LogP contribution in [0.3, 0.4) is 0 Å². The van der Waals surface area contributed by atoms with Crippen LogP contribution >= 0.6 is 0 Å². The van der Waals surface area contributed by atoms with E-state index in [2.05, 4.69) is 14.9 Å². The second-order valence-electron chi connectivity index (χ2n) is 7.84. The number of aliphatic hydroxyl groups is 1. The molecule has 3 heterocycles. The summed E-state index contributed by atoms with van der Waals surface area (Å²) in [6.45, 7) is 3.19. The minimum Gasteiger partial charge on any atom is -0.388 e. The van der Waals surface area contributed by atoms with Crippen LogP contribution in [0.1, 0.15) is 37.4 Å². The van der Waals surface area contributed by atoms with Gasteiger partial charge in [0, 0.05) is 44.5 Å². The van der Waals surface area contributed by atoms with Gasteiger partial charge in [-0.05, 0) is 37.2 Å². The highest BCUT2D eigenvalue weighted by Gasteiger charge is 2.33. The van der Waals surface area contributed by atoms with Crippen LogP contribution in [0.25, 0.3) is 0 Å². The van der Waals surface area contributed by atoms with Gasteiger partial charge in [-0.2, -0.15) is 0 Å². The van der Waals surface area contributed by atoms with Crippen LogP contribution in [0.4, 0.5) is 5.82 Å². The van der Waals surface area contributed by atoms with Crippen molar-refractivity contribution in [2.45, 2.75) is 31.8 Å². The minimum atomic E-state index is -0.436. The van der Waals surface area contributed by atoms with E-state index in [1.54, 1.807) is 18.6 Å². The summed E-state index contributed by atoms with van der Waals surface area (Å²) in [4.78, 5) is 25.7. The Morgan fingerprint density at radius 1 is 1.00 bits per heavy atom. The molecule has 0 saturated carbocycles. The molecule has 4 rings (SSSR count). The molecule has 1 unspecified atom stereocenters. The first-order chi connectivity index (χ1) is 13.7. The molecule has 6 heteroatoms. The SMILES string of the molecule is O=C(C1CCN(c2cnccn2)CC1)N1CCC(C(O)c2ccccc2)CC1. The Hall–Kier alpha value is -2.47. The second-order valence-corrected chi connectivity index (χ2v) is 7.84.